The summed E-state index contributed by atoms with van der Waals surface area (Å²) in [6.45, 7) is 1.69. The molecule has 3 aromatic rings. The SMILES string of the molecule is Cc1ccc(NC(=O)Cn2c3c(sc2=O)C(c2cccs2)C2C(=O)N(C(N)=O)C(=O)C2S3)cc1. The van der Waals surface area contributed by atoms with Crippen molar-refractivity contribution in [3.63, 3.8) is 0 Å². The number of rotatable bonds is 4. The quantitative estimate of drug-likeness (QED) is 0.515. The van der Waals surface area contributed by atoms with Crippen LogP contribution in [0.1, 0.15) is 21.2 Å². The summed E-state index contributed by atoms with van der Waals surface area (Å²) < 4.78 is 1.33. The van der Waals surface area contributed by atoms with E-state index in [9.17, 15) is 24.0 Å². The fraction of sp³-hybridized carbons (Fsp3) is 0.227. The second-order valence-corrected chi connectivity index (χ2v) is 11.0. The van der Waals surface area contributed by atoms with Crippen molar-refractivity contribution in [1.82, 2.24) is 9.47 Å². The van der Waals surface area contributed by atoms with Crippen molar-refractivity contribution in [2.75, 3.05) is 5.32 Å². The number of carbonyl (C=O) groups excluding carboxylic acids is 4. The van der Waals surface area contributed by atoms with Gasteiger partial charge in [-0.05, 0) is 30.5 Å². The number of nitrogens with one attached hydrogen (secondary N) is 1. The molecule has 174 valence electrons. The molecule has 12 heteroatoms. The predicted molar refractivity (Wildman–Crippen MR) is 129 cm³/mol. The topological polar surface area (TPSA) is 132 Å². The Morgan fingerprint density at radius 1 is 1.09 bits per heavy atom. The van der Waals surface area contributed by atoms with E-state index in [-0.39, 0.29) is 11.4 Å². The maximum absolute atomic E-state index is 13.1. The smallest absolute Gasteiger partial charge is 0.328 e. The molecular weight excluding hydrogens is 496 g/mol. The van der Waals surface area contributed by atoms with E-state index in [0.29, 0.717) is 20.5 Å². The van der Waals surface area contributed by atoms with E-state index < -0.39 is 40.8 Å². The molecule has 5 amide bonds. The molecule has 1 fully saturated rings. The molecule has 4 heterocycles. The third-order valence-electron chi connectivity index (χ3n) is 5.76. The van der Waals surface area contributed by atoms with Crippen molar-refractivity contribution in [3.8, 4) is 0 Å². The average Bonchev–Trinajstić information content (AvgIpc) is 3.48. The first-order valence-electron chi connectivity index (χ1n) is 10.2. The second kappa shape index (κ2) is 8.53. The van der Waals surface area contributed by atoms with Gasteiger partial charge in [0.15, 0.2) is 0 Å². The molecule has 5 rings (SSSR count). The zero-order chi connectivity index (χ0) is 24.1. The third kappa shape index (κ3) is 3.67. The van der Waals surface area contributed by atoms with E-state index in [1.54, 1.807) is 12.1 Å². The first kappa shape index (κ1) is 22.6. The number of primary amides is 1. The molecule has 2 aromatic heterocycles. The Labute approximate surface area is 205 Å². The highest BCUT2D eigenvalue weighted by molar-refractivity contribution is 8.00. The highest BCUT2D eigenvalue weighted by Crippen LogP contribution is 2.53. The summed E-state index contributed by atoms with van der Waals surface area (Å²) in [6.07, 6.45) is 0. The van der Waals surface area contributed by atoms with Gasteiger partial charge in [-0.1, -0.05) is 46.9 Å². The first-order chi connectivity index (χ1) is 16.3. The van der Waals surface area contributed by atoms with Gasteiger partial charge < -0.3 is 11.1 Å². The van der Waals surface area contributed by atoms with E-state index >= 15 is 0 Å². The average molecular weight is 515 g/mol. The van der Waals surface area contributed by atoms with Crippen molar-refractivity contribution in [1.29, 1.82) is 0 Å². The van der Waals surface area contributed by atoms with Crippen LogP contribution in [0.5, 0.6) is 0 Å². The predicted octanol–water partition coefficient (Wildman–Crippen LogP) is 2.59. The van der Waals surface area contributed by atoms with Gasteiger partial charge >= 0.3 is 10.9 Å². The van der Waals surface area contributed by atoms with Gasteiger partial charge in [-0.3, -0.25) is 23.7 Å². The summed E-state index contributed by atoms with van der Waals surface area (Å²) in [5.74, 6) is -3.20. The third-order valence-corrected chi connectivity index (χ3v) is 9.32. The Hall–Kier alpha value is -3.22. The number of likely N-dealkylation sites (tertiary alicyclic amines) is 1. The molecule has 9 nitrogen and oxygen atoms in total. The number of carbonyl (C=O) groups is 4. The number of benzene rings is 1. The molecule has 2 aliphatic rings. The number of amides is 5. The van der Waals surface area contributed by atoms with Crippen LogP contribution in [0.2, 0.25) is 0 Å². The Morgan fingerprint density at radius 2 is 1.82 bits per heavy atom. The monoisotopic (exact) mass is 514 g/mol. The largest absolute Gasteiger partial charge is 0.351 e. The molecule has 0 radical (unpaired) electrons. The van der Waals surface area contributed by atoms with Gasteiger partial charge in [-0.15, -0.1) is 11.3 Å². The molecule has 34 heavy (non-hydrogen) atoms. The van der Waals surface area contributed by atoms with Gasteiger partial charge in [0.25, 0.3) is 5.91 Å². The number of nitrogens with two attached hydrogens (primary N) is 1. The van der Waals surface area contributed by atoms with Crippen LogP contribution >= 0.6 is 34.4 Å². The van der Waals surface area contributed by atoms with E-state index in [1.165, 1.54) is 15.9 Å². The minimum atomic E-state index is -1.12. The zero-order valence-corrected chi connectivity index (χ0v) is 20.2. The van der Waals surface area contributed by atoms with E-state index in [2.05, 4.69) is 5.32 Å². The fourth-order valence-electron chi connectivity index (χ4n) is 4.23. The summed E-state index contributed by atoms with van der Waals surface area (Å²) >= 11 is 3.38. The van der Waals surface area contributed by atoms with E-state index in [1.807, 2.05) is 36.6 Å². The maximum Gasteiger partial charge on any atom is 0.328 e. The number of thiophene rings is 1. The molecule has 3 atom stereocenters. The van der Waals surface area contributed by atoms with Crippen LogP contribution in [0.3, 0.4) is 0 Å². The van der Waals surface area contributed by atoms with Crippen molar-refractivity contribution >= 4 is 63.9 Å². The van der Waals surface area contributed by atoms with E-state index in [4.69, 9.17) is 5.73 Å². The molecule has 0 saturated carbocycles. The lowest BCUT2D eigenvalue weighted by molar-refractivity contribution is -0.135. The Bertz CT molecular complexity index is 1380. The molecule has 0 aliphatic carbocycles. The summed E-state index contributed by atoms with van der Waals surface area (Å²) in [4.78, 5) is 65.0. The Balaban J connectivity index is 1.53. The van der Waals surface area contributed by atoms with Gasteiger partial charge in [-0.25, -0.2) is 4.79 Å². The molecule has 0 spiro atoms. The number of hydrogen-bond acceptors (Lipinski definition) is 8. The molecule has 0 bridgehead atoms. The number of fused-ring (bicyclic) bond motifs is 2. The van der Waals surface area contributed by atoms with Crippen LogP contribution in [0.25, 0.3) is 0 Å². The van der Waals surface area contributed by atoms with Crippen molar-refractivity contribution < 1.29 is 19.2 Å². The highest BCUT2D eigenvalue weighted by atomic mass is 32.2. The summed E-state index contributed by atoms with van der Waals surface area (Å²) in [7, 11) is 0. The number of urea groups is 1. The van der Waals surface area contributed by atoms with Crippen LogP contribution in [-0.4, -0.2) is 38.5 Å². The lowest BCUT2D eigenvalue weighted by atomic mass is 9.87. The Kier molecular flexibility index (Phi) is 5.66. The summed E-state index contributed by atoms with van der Waals surface area (Å²) in [5.41, 5.74) is 6.96. The fourth-order valence-corrected chi connectivity index (χ4v) is 7.95. The summed E-state index contributed by atoms with van der Waals surface area (Å²) in [6, 6.07) is 9.80. The maximum atomic E-state index is 13.1. The first-order valence-corrected chi connectivity index (χ1v) is 12.8. The van der Waals surface area contributed by atoms with Crippen LogP contribution < -0.4 is 15.9 Å². The molecule has 3 N–H and O–H groups in total. The van der Waals surface area contributed by atoms with Crippen LogP contribution in [0, 0.1) is 12.8 Å². The standard InChI is InChI=1S/C22H18N4O5S3/c1-10-4-6-11(7-5-10)24-13(27)9-25-20-17(34-22(25)31)14(12-3-2-8-32-12)15-16(33-20)19(29)26(18(15)28)21(23)30/h2-8,14-16H,9H2,1H3,(H2,23,30)(H,24,27). The molecule has 1 saturated heterocycles. The van der Waals surface area contributed by atoms with Gasteiger partial charge in [-0.2, -0.15) is 4.90 Å². The van der Waals surface area contributed by atoms with Crippen LogP contribution in [0.4, 0.5) is 10.5 Å². The molecule has 2 aliphatic heterocycles. The van der Waals surface area contributed by atoms with Crippen molar-refractivity contribution in [2.45, 2.75) is 29.7 Å². The normalized spacial score (nSPS) is 21.3. The number of anilines is 1. The van der Waals surface area contributed by atoms with Gasteiger partial charge in [0.2, 0.25) is 11.8 Å². The zero-order valence-electron chi connectivity index (χ0n) is 17.7. The van der Waals surface area contributed by atoms with E-state index in [0.717, 1.165) is 33.5 Å². The van der Waals surface area contributed by atoms with Gasteiger partial charge in [0.05, 0.1) is 10.9 Å². The second-order valence-electron chi connectivity index (χ2n) is 7.95. The minimum Gasteiger partial charge on any atom is -0.351 e. The Morgan fingerprint density at radius 3 is 2.47 bits per heavy atom. The number of thiazole rings is 1. The lowest BCUT2D eigenvalue weighted by Gasteiger charge is -2.29. The van der Waals surface area contributed by atoms with Gasteiger partial charge in [0.1, 0.15) is 11.8 Å². The number of imide groups is 3. The molecular formula is C22H18N4O5S3. The highest BCUT2D eigenvalue weighted by Gasteiger charge is 2.58. The van der Waals surface area contributed by atoms with Crippen LogP contribution in [0.15, 0.2) is 51.6 Å². The minimum absolute atomic E-state index is 0.248. The number of aromatic nitrogens is 1. The lowest BCUT2D eigenvalue weighted by Crippen LogP contribution is -2.41. The molecule has 1 aromatic carbocycles. The number of aryl methyl sites for hydroxylation is 1. The van der Waals surface area contributed by atoms with Crippen molar-refractivity contribution in [2.24, 2.45) is 11.7 Å². The number of hydrogen-bond donors (Lipinski definition) is 2. The van der Waals surface area contributed by atoms with Crippen LogP contribution in [-0.2, 0) is 20.9 Å². The number of nitrogens with zero attached hydrogens (tertiary/aromatic N) is 2. The van der Waals surface area contributed by atoms with Gasteiger partial charge in [0, 0.05) is 21.4 Å². The summed E-state index contributed by atoms with van der Waals surface area (Å²) in [5, 5.41) is 4.16. The van der Waals surface area contributed by atoms with Crippen molar-refractivity contribution in [3.05, 3.63) is 66.8 Å². The molecule has 3 unspecified atom stereocenters. The number of thioether (sulfide) groups is 1.